The van der Waals surface area contributed by atoms with Crippen molar-refractivity contribution in [3.8, 4) is 5.69 Å². The first-order valence-electron chi connectivity index (χ1n) is 5.69. The van der Waals surface area contributed by atoms with Crippen molar-refractivity contribution in [3.05, 3.63) is 64.5 Å². The standard InChI is InChI=1S/C15H11BrFN/c1-10-3-2-4-11-7-8-18(15(10)11)14-6-5-12(16)9-13(14)17/h2-9H,1H3. The Labute approximate surface area is 113 Å². The molecule has 0 saturated heterocycles. The summed E-state index contributed by atoms with van der Waals surface area (Å²) in [5.41, 5.74) is 2.76. The number of nitrogens with zero attached hydrogens (tertiary/aromatic N) is 1. The minimum Gasteiger partial charge on any atom is -0.314 e. The third-order valence-electron chi connectivity index (χ3n) is 3.08. The Kier molecular flexibility index (Phi) is 2.71. The van der Waals surface area contributed by atoms with Crippen LogP contribution in [0.1, 0.15) is 5.56 Å². The first-order chi connectivity index (χ1) is 8.66. The van der Waals surface area contributed by atoms with Crippen LogP contribution >= 0.6 is 15.9 Å². The van der Waals surface area contributed by atoms with Gasteiger partial charge in [-0.3, -0.25) is 0 Å². The zero-order valence-corrected chi connectivity index (χ0v) is 11.4. The van der Waals surface area contributed by atoms with Gasteiger partial charge in [0.15, 0.2) is 0 Å². The van der Waals surface area contributed by atoms with Crippen molar-refractivity contribution in [2.45, 2.75) is 6.92 Å². The van der Waals surface area contributed by atoms with Gasteiger partial charge in [0.05, 0.1) is 11.2 Å². The van der Waals surface area contributed by atoms with Crippen molar-refractivity contribution in [1.29, 1.82) is 0 Å². The van der Waals surface area contributed by atoms with E-state index in [4.69, 9.17) is 0 Å². The van der Waals surface area contributed by atoms with Crippen LogP contribution in [0.15, 0.2) is 53.1 Å². The van der Waals surface area contributed by atoms with Gasteiger partial charge in [-0.1, -0.05) is 34.1 Å². The molecule has 0 unspecified atom stereocenters. The molecule has 1 nitrogen and oxygen atoms in total. The Morgan fingerprint density at radius 2 is 1.94 bits per heavy atom. The lowest BCUT2D eigenvalue weighted by Gasteiger charge is -2.09. The van der Waals surface area contributed by atoms with Gasteiger partial charge in [0.1, 0.15) is 5.82 Å². The summed E-state index contributed by atoms with van der Waals surface area (Å²) in [6.45, 7) is 2.04. The number of fused-ring (bicyclic) bond motifs is 1. The largest absolute Gasteiger partial charge is 0.314 e. The smallest absolute Gasteiger partial charge is 0.148 e. The number of hydrogen-bond donors (Lipinski definition) is 0. The molecule has 0 atom stereocenters. The molecule has 0 saturated carbocycles. The van der Waals surface area contributed by atoms with E-state index in [1.807, 2.05) is 48.0 Å². The van der Waals surface area contributed by atoms with E-state index in [9.17, 15) is 4.39 Å². The molecule has 2 aromatic carbocycles. The number of benzene rings is 2. The molecule has 3 heteroatoms. The summed E-state index contributed by atoms with van der Waals surface area (Å²) in [6.07, 6.45) is 1.91. The maximum atomic E-state index is 14.0. The average molecular weight is 304 g/mol. The van der Waals surface area contributed by atoms with Crippen molar-refractivity contribution in [2.75, 3.05) is 0 Å². The molecule has 0 bridgehead atoms. The highest BCUT2D eigenvalue weighted by atomic mass is 79.9. The Hall–Kier alpha value is -1.61. The summed E-state index contributed by atoms with van der Waals surface area (Å²) >= 11 is 3.27. The zero-order valence-electron chi connectivity index (χ0n) is 9.82. The molecule has 90 valence electrons. The van der Waals surface area contributed by atoms with Crippen molar-refractivity contribution in [1.82, 2.24) is 4.57 Å². The Bertz CT molecular complexity index is 730. The molecular weight excluding hydrogens is 293 g/mol. The molecule has 0 radical (unpaired) electrons. The number of rotatable bonds is 1. The van der Waals surface area contributed by atoms with Crippen LogP contribution in [0.25, 0.3) is 16.6 Å². The third kappa shape index (κ3) is 1.75. The third-order valence-corrected chi connectivity index (χ3v) is 3.58. The van der Waals surface area contributed by atoms with E-state index in [-0.39, 0.29) is 5.82 Å². The first kappa shape index (κ1) is 11.5. The average Bonchev–Trinajstić information content (AvgIpc) is 2.74. The maximum absolute atomic E-state index is 14.0. The van der Waals surface area contributed by atoms with E-state index in [2.05, 4.69) is 15.9 Å². The van der Waals surface area contributed by atoms with Crippen LogP contribution in [0.5, 0.6) is 0 Å². The van der Waals surface area contributed by atoms with E-state index < -0.39 is 0 Å². The minimum atomic E-state index is -0.231. The van der Waals surface area contributed by atoms with Crippen LogP contribution < -0.4 is 0 Å². The number of halogens is 2. The van der Waals surface area contributed by atoms with Crippen molar-refractivity contribution in [3.63, 3.8) is 0 Å². The van der Waals surface area contributed by atoms with E-state index in [0.717, 1.165) is 20.9 Å². The fourth-order valence-electron chi connectivity index (χ4n) is 2.25. The monoisotopic (exact) mass is 303 g/mol. The van der Waals surface area contributed by atoms with Crippen LogP contribution in [0.2, 0.25) is 0 Å². The Balaban J connectivity index is 2.32. The van der Waals surface area contributed by atoms with Gasteiger partial charge in [-0.2, -0.15) is 0 Å². The molecule has 1 aromatic heterocycles. The fraction of sp³-hybridized carbons (Fsp3) is 0.0667. The Morgan fingerprint density at radius 1 is 1.11 bits per heavy atom. The van der Waals surface area contributed by atoms with Crippen molar-refractivity contribution >= 4 is 26.8 Å². The van der Waals surface area contributed by atoms with E-state index in [1.54, 1.807) is 6.07 Å². The van der Waals surface area contributed by atoms with Crippen LogP contribution in [0.3, 0.4) is 0 Å². The molecule has 0 aliphatic heterocycles. The second-order valence-corrected chi connectivity index (χ2v) is 5.21. The topological polar surface area (TPSA) is 4.93 Å². The van der Waals surface area contributed by atoms with Gasteiger partial charge in [0.2, 0.25) is 0 Å². The molecule has 3 aromatic rings. The summed E-state index contributed by atoms with van der Waals surface area (Å²) in [5, 5.41) is 1.12. The maximum Gasteiger partial charge on any atom is 0.148 e. The highest BCUT2D eigenvalue weighted by molar-refractivity contribution is 9.10. The number of hydrogen-bond acceptors (Lipinski definition) is 0. The second-order valence-electron chi connectivity index (χ2n) is 4.29. The lowest BCUT2D eigenvalue weighted by atomic mass is 10.1. The van der Waals surface area contributed by atoms with Gasteiger partial charge < -0.3 is 4.57 Å². The molecule has 1 heterocycles. The van der Waals surface area contributed by atoms with Gasteiger partial charge in [-0.15, -0.1) is 0 Å². The predicted molar refractivity (Wildman–Crippen MR) is 75.7 cm³/mol. The lowest BCUT2D eigenvalue weighted by Crippen LogP contribution is -1.97. The van der Waals surface area contributed by atoms with Gasteiger partial charge in [-0.05, 0) is 36.8 Å². The summed E-state index contributed by atoms with van der Waals surface area (Å²) in [6, 6.07) is 13.2. The molecule has 0 amide bonds. The molecule has 0 spiro atoms. The van der Waals surface area contributed by atoms with Gasteiger partial charge in [0.25, 0.3) is 0 Å². The minimum absolute atomic E-state index is 0.231. The zero-order chi connectivity index (χ0) is 12.7. The molecule has 0 fully saturated rings. The van der Waals surface area contributed by atoms with Crippen LogP contribution in [-0.2, 0) is 0 Å². The van der Waals surface area contributed by atoms with Gasteiger partial charge in [-0.25, -0.2) is 4.39 Å². The molecular formula is C15H11BrFN. The van der Waals surface area contributed by atoms with Crippen molar-refractivity contribution in [2.24, 2.45) is 0 Å². The number of aryl methyl sites for hydroxylation is 1. The normalized spacial score (nSPS) is 11.1. The molecule has 0 aliphatic carbocycles. The quantitative estimate of drug-likeness (QED) is 0.606. The Morgan fingerprint density at radius 3 is 2.72 bits per heavy atom. The molecule has 3 rings (SSSR count). The SMILES string of the molecule is Cc1cccc2ccn(-c3ccc(Br)cc3F)c12. The lowest BCUT2D eigenvalue weighted by molar-refractivity contribution is 0.619. The fourth-order valence-corrected chi connectivity index (χ4v) is 2.59. The number of para-hydroxylation sites is 1. The summed E-state index contributed by atoms with van der Waals surface area (Å²) in [4.78, 5) is 0. The van der Waals surface area contributed by atoms with Gasteiger partial charge >= 0.3 is 0 Å². The molecule has 0 aliphatic rings. The van der Waals surface area contributed by atoms with Gasteiger partial charge in [0, 0.05) is 16.1 Å². The van der Waals surface area contributed by atoms with Crippen LogP contribution in [0, 0.1) is 12.7 Å². The van der Waals surface area contributed by atoms with Crippen LogP contribution in [-0.4, -0.2) is 4.57 Å². The second kappa shape index (κ2) is 4.25. The highest BCUT2D eigenvalue weighted by Crippen LogP contribution is 2.26. The van der Waals surface area contributed by atoms with E-state index >= 15 is 0 Å². The van der Waals surface area contributed by atoms with Crippen LogP contribution in [0.4, 0.5) is 4.39 Å². The molecule has 0 N–H and O–H groups in total. The summed E-state index contributed by atoms with van der Waals surface area (Å²) in [7, 11) is 0. The van der Waals surface area contributed by atoms with E-state index in [0.29, 0.717) is 5.69 Å². The summed E-state index contributed by atoms with van der Waals surface area (Å²) in [5.74, 6) is -0.231. The number of aromatic nitrogens is 1. The first-order valence-corrected chi connectivity index (χ1v) is 6.48. The summed E-state index contributed by atoms with van der Waals surface area (Å²) < 4.78 is 16.7. The van der Waals surface area contributed by atoms with E-state index in [1.165, 1.54) is 6.07 Å². The van der Waals surface area contributed by atoms with Crippen molar-refractivity contribution < 1.29 is 4.39 Å². The molecule has 18 heavy (non-hydrogen) atoms. The predicted octanol–water partition coefficient (Wildman–Crippen LogP) is 4.84. The highest BCUT2D eigenvalue weighted by Gasteiger charge is 2.09.